The standard InChI is InChI=1S/C23H25N3O6S/c1-15-5-2-3-10-26(15)21(28)12-30-23(29)17-6-4-9-24-22(17)33-13-20(27)25-16-7-8-18-19(11-16)32-14-31-18/h4,6-9,11,15H,2-3,5,10,12-14H2,1H3,(H,25,27). The van der Waals surface area contributed by atoms with Gasteiger partial charge in [-0.25, -0.2) is 9.78 Å². The molecule has 1 N–H and O–H groups in total. The van der Waals surface area contributed by atoms with Gasteiger partial charge in [0.15, 0.2) is 18.1 Å². The molecular formula is C23H25N3O6S. The number of ether oxygens (including phenoxy) is 3. The van der Waals surface area contributed by atoms with E-state index in [9.17, 15) is 14.4 Å². The van der Waals surface area contributed by atoms with Crippen molar-refractivity contribution >= 4 is 35.2 Å². The number of hydrogen-bond acceptors (Lipinski definition) is 8. The molecule has 10 heteroatoms. The SMILES string of the molecule is CC1CCCCN1C(=O)COC(=O)c1cccnc1SCC(=O)Nc1ccc2c(c1)OCO2. The minimum Gasteiger partial charge on any atom is -0.454 e. The molecule has 1 fully saturated rings. The van der Waals surface area contributed by atoms with Crippen molar-refractivity contribution in [2.75, 3.05) is 31.0 Å². The number of aromatic nitrogens is 1. The van der Waals surface area contributed by atoms with Gasteiger partial charge >= 0.3 is 5.97 Å². The zero-order chi connectivity index (χ0) is 23.2. The van der Waals surface area contributed by atoms with Crippen molar-refractivity contribution in [1.29, 1.82) is 0 Å². The van der Waals surface area contributed by atoms with E-state index >= 15 is 0 Å². The second-order valence-electron chi connectivity index (χ2n) is 7.77. The number of benzene rings is 1. The monoisotopic (exact) mass is 471 g/mol. The van der Waals surface area contributed by atoms with Gasteiger partial charge in [0.2, 0.25) is 12.7 Å². The van der Waals surface area contributed by atoms with E-state index in [2.05, 4.69) is 10.3 Å². The third-order valence-corrected chi connectivity index (χ3v) is 6.44. The first-order valence-corrected chi connectivity index (χ1v) is 11.7. The number of carbonyl (C=O) groups excluding carboxylic acids is 3. The average molecular weight is 472 g/mol. The first-order chi connectivity index (χ1) is 16.0. The highest BCUT2D eigenvalue weighted by Crippen LogP contribution is 2.34. The molecule has 1 unspecified atom stereocenters. The molecule has 0 aliphatic carbocycles. The average Bonchev–Trinajstić information content (AvgIpc) is 3.29. The number of fused-ring (bicyclic) bond motifs is 1. The Labute approximate surface area is 195 Å². The largest absolute Gasteiger partial charge is 0.454 e. The predicted molar refractivity (Wildman–Crippen MR) is 121 cm³/mol. The molecule has 174 valence electrons. The first-order valence-electron chi connectivity index (χ1n) is 10.7. The van der Waals surface area contributed by atoms with E-state index in [0.29, 0.717) is 28.8 Å². The van der Waals surface area contributed by atoms with Crippen LogP contribution in [0.5, 0.6) is 11.5 Å². The molecule has 3 heterocycles. The van der Waals surface area contributed by atoms with Crippen LogP contribution in [0.3, 0.4) is 0 Å². The smallest absolute Gasteiger partial charge is 0.341 e. The highest BCUT2D eigenvalue weighted by Gasteiger charge is 2.25. The molecule has 2 aliphatic heterocycles. The van der Waals surface area contributed by atoms with E-state index in [1.807, 2.05) is 6.92 Å². The summed E-state index contributed by atoms with van der Waals surface area (Å²) in [6.45, 7) is 2.53. The second-order valence-corrected chi connectivity index (χ2v) is 8.73. The summed E-state index contributed by atoms with van der Waals surface area (Å²) in [6.07, 6.45) is 4.55. The van der Waals surface area contributed by atoms with E-state index in [4.69, 9.17) is 14.2 Å². The van der Waals surface area contributed by atoms with Crippen LogP contribution in [-0.4, -0.2) is 59.4 Å². The van der Waals surface area contributed by atoms with E-state index in [-0.39, 0.29) is 42.6 Å². The molecule has 9 nitrogen and oxygen atoms in total. The van der Waals surface area contributed by atoms with Crippen LogP contribution in [0.1, 0.15) is 36.5 Å². The second kappa shape index (κ2) is 10.6. The summed E-state index contributed by atoms with van der Waals surface area (Å²) < 4.78 is 15.8. The van der Waals surface area contributed by atoms with E-state index < -0.39 is 5.97 Å². The summed E-state index contributed by atoms with van der Waals surface area (Å²) in [5.74, 6) is 0.140. The molecule has 2 aromatic rings. The molecule has 0 saturated carbocycles. The van der Waals surface area contributed by atoms with Gasteiger partial charge in [0.05, 0.1) is 11.3 Å². The highest BCUT2D eigenvalue weighted by atomic mass is 32.2. The van der Waals surface area contributed by atoms with Crippen LogP contribution in [0.15, 0.2) is 41.6 Å². The number of piperidine rings is 1. The number of rotatable bonds is 7. The van der Waals surface area contributed by atoms with Crippen molar-refractivity contribution in [2.24, 2.45) is 0 Å². The van der Waals surface area contributed by atoms with Crippen molar-refractivity contribution < 1.29 is 28.6 Å². The van der Waals surface area contributed by atoms with Gasteiger partial charge in [-0.2, -0.15) is 0 Å². The molecule has 2 aliphatic rings. The Bertz CT molecular complexity index is 1050. The van der Waals surface area contributed by atoms with Crippen LogP contribution in [-0.2, 0) is 14.3 Å². The zero-order valence-electron chi connectivity index (χ0n) is 18.2. The molecular weight excluding hydrogens is 446 g/mol. The maximum Gasteiger partial charge on any atom is 0.341 e. The lowest BCUT2D eigenvalue weighted by atomic mass is 10.0. The van der Waals surface area contributed by atoms with Crippen LogP contribution in [0.4, 0.5) is 5.69 Å². The number of carbonyl (C=O) groups is 3. The summed E-state index contributed by atoms with van der Waals surface area (Å²) in [5.41, 5.74) is 0.800. The summed E-state index contributed by atoms with van der Waals surface area (Å²) in [4.78, 5) is 43.4. The lowest BCUT2D eigenvalue weighted by Gasteiger charge is -2.33. The summed E-state index contributed by atoms with van der Waals surface area (Å²) in [5, 5.41) is 3.14. The normalized spacial score (nSPS) is 16.9. The molecule has 0 radical (unpaired) electrons. The summed E-state index contributed by atoms with van der Waals surface area (Å²) >= 11 is 1.12. The predicted octanol–water partition coefficient (Wildman–Crippen LogP) is 3.10. The van der Waals surface area contributed by atoms with Crippen molar-refractivity contribution in [3.8, 4) is 11.5 Å². The van der Waals surface area contributed by atoms with Gasteiger partial charge in [-0.3, -0.25) is 9.59 Å². The Hall–Kier alpha value is -3.27. The number of nitrogens with zero attached hydrogens (tertiary/aromatic N) is 2. The first kappa shape index (κ1) is 22.9. The van der Waals surface area contributed by atoms with Crippen molar-refractivity contribution in [3.05, 3.63) is 42.1 Å². The third kappa shape index (κ3) is 5.75. The molecule has 1 aromatic carbocycles. The molecule has 1 aromatic heterocycles. The van der Waals surface area contributed by atoms with Crippen molar-refractivity contribution in [2.45, 2.75) is 37.3 Å². The molecule has 4 rings (SSSR count). The zero-order valence-corrected chi connectivity index (χ0v) is 19.1. The molecule has 2 amide bonds. The number of anilines is 1. The minimum atomic E-state index is -0.639. The number of likely N-dealkylation sites (tertiary alicyclic amines) is 1. The molecule has 1 atom stereocenters. The highest BCUT2D eigenvalue weighted by molar-refractivity contribution is 8.00. The quantitative estimate of drug-likeness (QED) is 0.485. The summed E-state index contributed by atoms with van der Waals surface area (Å²) in [7, 11) is 0. The molecule has 0 spiro atoms. The Morgan fingerprint density at radius 3 is 2.91 bits per heavy atom. The minimum absolute atomic E-state index is 0.0377. The Balaban J connectivity index is 1.30. The molecule has 1 saturated heterocycles. The maximum atomic E-state index is 12.6. The number of amides is 2. The lowest BCUT2D eigenvalue weighted by molar-refractivity contribution is -0.137. The molecule has 0 bridgehead atoms. The topological polar surface area (TPSA) is 107 Å². The van der Waals surface area contributed by atoms with E-state index in [1.54, 1.807) is 35.2 Å². The van der Waals surface area contributed by atoms with Crippen LogP contribution >= 0.6 is 11.8 Å². The van der Waals surface area contributed by atoms with E-state index in [0.717, 1.165) is 31.0 Å². The fourth-order valence-electron chi connectivity index (χ4n) is 3.72. The Kier molecular flexibility index (Phi) is 7.33. The van der Waals surface area contributed by atoms with Crippen molar-refractivity contribution in [1.82, 2.24) is 9.88 Å². The number of thioether (sulfide) groups is 1. The van der Waals surface area contributed by atoms with Crippen molar-refractivity contribution in [3.63, 3.8) is 0 Å². The number of pyridine rings is 1. The third-order valence-electron chi connectivity index (χ3n) is 5.44. The fraction of sp³-hybridized carbons (Fsp3) is 0.391. The van der Waals surface area contributed by atoms with Gasteiger partial charge in [0.1, 0.15) is 5.03 Å². The van der Waals surface area contributed by atoms with Gasteiger partial charge < -0.3 is 24.4 Å². The van der Waals surface area contributed by atoms with Gasteiger partial charge in [0.25, 0.3) is 5.91 Å². The van der Waals surface area contributed by atoms with Crippen LogP contribution in [0.25, 0.3) is 0 Å². The van der Waals surface area contributed by atoms with Crippen LogP contribution in [0.2, 0.25) is 0 Å². The van der Waals surface area contributed by atoms with Crippen LogP contribution in [0, 0.1) is 0 Å². The summed E-state index contributed by atoms with van der Waals surface area (Å²) in [6, 6.07) is 8.47. The number of esters is 1. The van der Waals surface area contributed by atoms with Gasteiger partial charge in [-0.05, 0) is 50.5 Å². The maximum absolute atomic E-state index is 12.6. The number of nitrogens with one attached hydrogen (secondary N) is 1. The van der Waals surface area contributed by atoms with Gasteiger partial charge in [-0.15, -0.1) is 0 Å². The van der Waals surface area contributed by atoms with E-state index in [1.165, 1.54) is 6.20 Å². The van der Waals surface area contributed by atoms with Crippen LogP contribution < -0.4 is 14.8 Å². The number of hydrogen-bond donors (Lipinski definition) is 1. The fourth-order valence-corrected chi connectivity index (χ4v) is 4.51. The lowest BCUT2D eigenvalue weighted by Crippen LogP contribution is -2.44. The molecule has 33 heavy (non-hydrogen) atoms. The van der Waals surface area contributed by atoms with Gasteiger partial charge in [-0.1, -0.05) is 11.8 Å². The van der Waals surface area contributed by atoms with Gasteiger partial charge in [0, 0.05) is 30.5 Å². The Morgan fingerprint density at radius 1 is 1.21 bits per heavy atom. The Morgan fingerprint density at radius 2 is 2.06 bits per heavy atom.